The van der Waals surface area contributed by atoms with E-state index >= 15 is 0 Å². The fourth-order valence-electron chi connectivity index (χ4n) is 6.27. The van der Waals surface area contributed by atoms with Gasteiger partial charge < -0.3 is 23.5 Å². The summed E-state index contributed by atoms with van der Waals surface area (Å²) in [4.78, 5) is 24.1. The van der Waals surface area contributed by atoms with Crippen LogP contribution in [0, 0.1) is 0 Å². The molecular weight excluding hydrogens is 821 g/mol. The minimum atomic E-state index is -4.33. The first kappa shape index (κ1) is 47.4. The van der Waals surface area contributed by atoms with Gasteiger partial charge in [0, 0.05) is 12.4 Å². The fraction of sp³-hybridized carbons (Fsp3) is 0.300. The molecule has 10 nitrogen and oxygen atoms in total. The topological polar surface area (TPSA) is 137 Å². The third kappa shape index (κ3) is 16.3. The van der Waals surface area contributed by atoms with Crippen molar-refractivity contribution in [2.45, 2.75) is 111 Å². The molecule has 0 saturated heterocycles. The number of pyridine rings is 2. The third-order valence-corrected chi connectivity index (χ3v) is 12.4. The lowest BCUT2D eigenvalue weighted by Gasteiger charge is -2.19. The molecule has 326 valence electrons. The summed E-state index contributed by atoms with van der Waals surface area (Å²) in [5, 5.41) is 0. The maximum Gasteiger partial charge on any atom is 0.344 e. The number of aryl methyl sites for hydroxylation is 1. The quantitative estimate of drug-likeness (QED) is 0.0315. The molecule has 6 aromatic rings. The number of rotatable bonds is 20. The van der Waals surface area contributed by atoms with Gasteiger partial charge in [0.25, 0.3) is 0 Å². The standard InChI is InChI=1S/C36H35N2O5S.C14H22O3S/c1-36(2,3)43-35(39)26-42-31-14-20-34(21-15-31)44(32-16-10-29(11-17-32)40-24-27-8-4-6-22-37-27)33-18-12-30(13-19-33)41-25-28-9-5-7-23-38-28;1-2-3-4-5-6-7-10-13-11-8-9-12-14(13)18(15,16)17/h4-23H,24-26H2,1-3H3;8-9,11-12H,2-7,10H2,1H3,(H,15,16,17)/q+1;/p-1. The molecule has 0 bridgehead atoms. The number of unbranched alkanes of at least 4 members (excludes halogenated alkanes) is 5. The van der Waals surface area contributed by atoms with E-state index in [2.05, 4.69) is 41.2 Å². The molecule has 4 aromatic carbocycles. The van der Waals surface area contributed by atoms with Crippen LogP contribution in [-0.2, 0) is 50.2 Å². The van der Waals surface area contributed by atoms with Gasteiger partial charge in [-0.2, -0.15) is 0 Å². The molecule has 0 amide bonds. The van der Waals surface area contributed by atoms with Crippen LogP contribution >= 0.6 is 0 Å². The lowest BCUT2D eigenvalue weighted by Crippen LogP contribution is -2.27. The van der Waals surface area contributed by atoms with Crippen LogP contribution in [0.15, 0.2) is 165 Å². The van der Waals surface area contributed by atoms with E-state index in [1.165, 1.54) is 31.7 Å². The van der Waals surface area contributed by atoms with E-state index in [-0.39, 0.29) is 11.5 Å². The Hall–Kier alpha value is -5.69. The Balaban J connectivity index is 0.000000338. The summed E-state index contributed by atoms with van der Waals surface area (Å²) in [6, 6.07) is 42.2. The molecule has 0 fully saturated rings. The van der Waals surface area contributed by atoms with Crippen LogP contribution in [0.1, 0.15) is 83.2 Å². The van der Waals surface area contributed by atoms with Gasteiger partial charge in [0.2, 0.25) is 0 Å². The van der Waals surface area contributed by atoms with Crippen molar-refractivity contribution in [1.82, 2.24) is 9.97 Å². The van der Waals surface area contributed by atoms with Crippen molar-refractivity contribution in [3.8, 4) is 17.2 Å². The molecule has 62 heavy (non-hydrogen) atoms. The van der Waals surface area contributed by atoms with Crippen LogP contribution in [0.25, 0.3) is 0 Å². The molecule has 0 saturated carbocycles. The highest BCUT2D eigenvalue weighted by Gasteiger charge is 2.29. The van der Waals surface area contributed by atoms with Gasteiger partial charge in [-0.25, -0.2) is 13.2 Å². The molecule has 0 atom stereocenters. The van der Waals surface area contributed by atoms with Crippen molar-refractivity contribution in [2.75, 3.05) is 6.61 Å². The zero-order valence-corrected chi connectivity index (χ0v) is 37.5. The second-order valence-electron chi connectivity index (χ2n) is 15.4. The van der Waals surface area contributed by atoms with Crippen molar-refractivity contribution in [2.24, 2.45) is 0 Å². The summed E-state index contributed by atoms with van der Waals surface area (Å²) < 4.78 is 56.2. The molecule has 0 spiro atoms. The number of hydrogen-bond acceptors (Lipinski definition) is 10. The maximum atomic E-state index is 12.1. The monoisotopic (exact) mass is 876 g/mol. The maximum absolute atomic E-state index is 12.1. The highest BCUT2D eigenvalue weighted by Crippen LogP contribution is 2.34. The van der Waals surface area contributed by atoms with E-state index in [0.717, 1.165) is 50.4 Å². The lowest BCUT2D eigenvalue weighted by molar-refractivity contribution is -0.157. The van der Waals surface area contributed by atoms with E-state index in [0.29, 0.717) is 30.9 Å². The number of esters is 1. The molecule has 0 aliphatic heterocycles. The van der Waals surface area contributed by atoms with Crippen molar-refractivity contribution >= 4 is 27.0 Å². The van der Waals surface area contributed by atoms with Crippen LogP contribution in [0.5, 0.6) is 17.2 Å². The van der Waals surface area contributed by atoms with Gasteiger partial charge in [-0.05, 0) is 142 Å². The first-order valence-corrected chi connectivity index (χ1v) is 23.5. The zero-order chi connectivity index (χ0) is 44.2. The van der Waals surface area contributed by atoms with E-state index in [1.54, 1.807) is 30.6 Å². The Bertz CT molecular complexity index is 2250. The summed E-state index contributed by atoms with van der Waals surface area (Å²) >= 11 is 0. The van der Waals surface area contributed by atoms with Crippen LogP contribution in [0.2, 0.25) is 0 Å². The van der Waals surface area contributed by atoms with Crippen LogP contribution < -0.4 is 14.2 Å². The van der Waals surface area contributed by atoms with Crippen molar-refractivity contribution in [1.29, 1.82) is 0 Å². The van der Waals surface area contributed by atoms with E-state index < -0.39 is 32.6 Å². The summed E-state index contributed by atoms with van der Waals surface area (Å²) in [6.45, 7) is 8.32. The Labute approximate surface area is 369 Å². The number of hydrogen-bond donors (Lipinski definition) is 0. The molecule has 12 heteroatoms. The number of carbonyl (C=O) groups is 1. The van der Waals surface area contributed by atoms with Gasteiger partial charge in [-0.15, -0.1) is 0 Å². The number of nitrogens with zero attached hydrogens (tertiary/aromatic N) is 2. The smallest absolute Gasteiger partial charge is 0.344 e. The van der Waals surface area contributed by atoms with Crippen LogP contribution in [-0.4, -0.2) is 41.1 Å². The molecule has 0 radical (unpaired) electrons. The van der Waals surface area contributed by atoms with E-state index in [9.17, 15) is 17.8 Å². The highest BCUT2D eigenvalue weighted by atomic mass is 32.2. The minimum absolute atomic E-state index is 0.0569. The van der Waals surface area contributed by atoms with Gasteiger partial charge in [0.1, 0.15) is 46.2 Å². The van der Waals surface area contributed by atoms with Crippen LogP contribution in [0.3, 0.4) is 0 Å². The second-order valence-corrected chi connectivity index (χ2v) is 18.8. The molecule has 0 aliphatic rings. The highest BCUT2D eigenvalue weighted by molar-refractivity contribution is 7.97. The molecule has 2 aromatic heterocycles. The molecule has 0 N–H and O–H groups in total. The number of benzene rings is 4. The molecular formula is C50H56N2O8S2. The predicted octanol–water partition coefficient (Wildman–Crippen LogP) is 10.9. The largest absolute Gasteiger partial charge is 0.744 e. The Morgan fingerprint density at radius 3 is 1.50 bits per heavy atom. The Morgan fingerprint density at radius 2 is 1.05 bits per heavy atom. The Kier molecular flexibility index (Phi) is 18.4. The summed E-state index contributed by atoms with van der Waals surface area (Å²) in [5.41, 5.74) is 1.84. The molecule has 6 rings (SSSR count). The zero-order valence-electron chi connectivity index (χ0n) is 35.9. The summed E-state index contributed by atoms with van der Waals surface area (Å²) in [7, 11) is -4.76. The van der Waals surface area contributed by atoms with Crippen LogP contribution in [0.4, 0.5) is 0 Å². The summed E-state index contributed by atoms with van der Waals surface area (Å²) in [5.74, 6) is 1.73. The normalized spacial score (nSPS) is 11.3. The SMILES string of the molecule is CC(C)(C)OC(=O)COc1ccc([S+](c2ccc(OCc3ccccn3)cc2)c2ccc(OCc3ccccn3)cc2)cc1.CCCCCCCCc1ccccc1S(=O)(=O)[O-]. The van der Waals surface area contributed by atoms with Gasteiger partial charge in [0.05, 0.1) is 27.2 Å². The average molecular weight is 877 g/mol. The van der Waals surface area contributed by atoms with E-state index in [4.69, 9.17) is 18.9 Å². The van der Waals surface area contributed by atoms with Crippen molar-refractivity contribution in [3.05, 3.63) is 163 Å². The average Bonchev–Trinajstić information content (AvgIpc) is 3.27. The first-order valence-electron chi connectivity index (χ1n) is 20.9. The second kappa shape index (κ2) is 24.1. The molecule has 0 aliphatic carbocycles. The fourth-order valence-corrected chi connectivity index (χ4v) is 9.05. The number of aromatic nitrogens is 2. The third-order valence-electron chi connectivity index (χ3n) is 9.22. The van der Waals surface area contributed by atoms with Gasteiger partial charge in [-0.3, -0.25) is 9.97 Å². The van der Waals surface area contributed by atoms with Gasteiger partial charge >= 0.3 is 5.97 Å². The van der Waals surface area contributed by atoms with Crippen molar-refractivity contribution in [3.63, 3.8) is 0 Å². The Morgan fingerprint density at radius 1 is 0.597 bits per heavy atom. The van der Waals surface area contributed by atoms with Gasteiger partial charge in [0.15, 0.2) is 21.3 Å². The van der Waals surface area contributed by atoms with Crippen molar-refractivity contribution < 1.29 is 36.7 Å². The van der Waals surface area contributed by atoms with Gasteiger partial charge in [-0.1, -0.05) is 69.4 Å². The minimum Gasteiger partial charge on any atom is -0.744 e. The number of carbonyl (C=O) groups excluding carboxylic acids is 1. The van der Waals surface area contributed by atoms with E-state index in [1.807, 2.05) is 106 Å². The lowest BCUT2D eigenvalue weighted by atomic mass is 10.1. The predicted molar refractivity (Wildman–Crippen MR) is 241 cm³/mol. The number of ether oxygens (including phenoxy) is 4. The summed E-state index contributed by atoms with van der Waals surface area (Å²) in [6.07, 6.45) is 11.1. The molecule has 0 unspecified atom stereocenters. The first-order chi connectivity index (χ1) is 29.9. The molecule has 2 heterocycles.